The van der Waals surface area contributed by atoms with Crippen molar-refractivity contribution in [1.29, 1.82) is 5.26 Å². The number of pyridine rings is 1. The summed E-state index contributed by atoms with van der Waals surface area (Å²) in [7, 11) is -2.54. The highest BCUT2D eigenvalue weighted by Crippen LogP contribution is 2.15. The number of carbonyl (C=O) groups excluding carboxylic acids is 1. The molecule has 0 atom stereocenters. The summed E-state index contributed by atoms with van der Waals surface area (Å²) in [6, 6.07) is 10.4. The standard InChI is InChI=1S/C15H13ClN4O3S/c1-20(10-15(21)19-14-7-4-12(16)9-18-14)24(22,23)13-5-2-11(8-17)3-6-13/h2-7,9H,10H2,1H3,(H,18,19,21). The van der Waals surface area contributed by atoms with Gasteiger partial charge in [-0.05, 0) is 36.4 Å². The lowest BCUT2D eigenvalue weighted by Crippen LogP contribution is -2.35. The van der Waals surface area contributed by atoms with E-state index in [4.69, 9.17) is 16.9 Å². The average Bonchev–Trinajstić information content (AvgIpc) is 2.57. The number of hydrogen-bond acceptors (Lipinski definition) is 5. The second-order valence-corrected chi connectivity index (χ2v) is 7.29. The molecular formula is C15H13ClN4O3S. The number of hydrogen-bond donors (Lipinski definition) is 1. The largest absolute Gasteiger partial charge is 0.310 e. The Bertz CT molecular complexity index is 874. The molecule has 0 aliphatic rings. The van der Waals surface area contributed by atoms with Crippen molar-refractivity contribution in [3.05, 3.63) is 53.2 Å². The molecule has 0 radical (unpaired) electrons. The van der Waals surface area contributed by atoms with Crippen molar-refractivity contribution in [2.75, 3.05) is 18.9 Å². The minimum Gasteiger partial charge on any atom is -0.310 e. The Kier molecular flexibility index (Phi) is 5.51. The van der Waals surface area contributed by atoms with Crippen molar-refractivity contribution in [2.24, 2.45) is 0 Å². The fourth-order valence-corrected chi connectivity index (χ4v) is 3.04. The predicted molar refractivity (Wildman–Crippen MR) is 88.8 cm³/mol. The van der Waals surface area contributed by atoms with Crippen LogP contribution in [0.5, 0.6) is 0 Å². The van der Waals surface area contributed by atoms with E-state index in [1.165, 1.54) is 43.6 Å². The molecule has 24 heavy (non-hydrogen) atoms. The number of sulfonamides is 1. The van der Waals surface area contributed by atoms with Gasteiger partial charge in [-0.25, -0.2) is 13.4 Å². The zero-order valence-electron chi connectivity index (χ0n) is 12.6. The van der Waals surface area contributed by atoms with Crippen LogP contribution < -0.4 is 5.32 Å². The maximum atomic E-state index is 12.4. The first-order valence-electron chi connectivity index (χ1n) is 6.71. The van der Waals surface area contributed by atoms with E-state index in [2.05, 4.69) is 10.3 Å². The van der Waals surface area contributed by atoms with Crippen molar-refractivity contribution >= 4 is 33.3 Å². The summed E-state index contributed by atoms with van der Waals surface area (Å²) in [6.07, 6.45) is 1.37. The lowest BCUT2D eigenvalue weighted by molar-refractivity contribution is -0.116. The summed E-state index contributed by atoms with van der Waals surface area (Å²) in [5, 5.41) is 11.6. The topological polar surface area (TPSA) is 103 Å². The van der Waals surface area contributed by atoms with Crippen LogP contribution in [0.3, 0.4) is 0 Å². The highest BCUT2D eigenvalue weighted by atomic mass is 35.5. The molecule has 0 aliphatic carbocycles. The van der Waals surface area contributed by atoms with Gasteiger partial charge in [-0.15, -0.1) is 0 Å². The van der Waals surface area contributed by atoms with Crippen molar-refractivity contribution in [3.8, 4) is 6.07 Å². The van der Waals surface area contributed by atoms with Crippen LogP contribution in [-0.2, 0) is 14.8 Å². The molecule has 2 aromatic rings. The minimum atomic E-state index is -3.84. The molecule has 2 rings (SSSR count). The maximum Gasteiger partial charge on any atom is 0.243 e. The molecule has 1 aromatic carbocycles. The Hall–Kier alpha value is -2.47. The monoisotopic (exact) mass is 364 g/mol. The molecule has 1 N–H and O–H groups in total. The Balaban J connectivity index is 2.06. The van der Waals surface area contributed by atoms with Crippen molar-refractivity contribution in [1.82, 2.24) is 9.29 Å². The van der Waals surface area contributed by atoms with Crippen molar-refractivity contribution in [2.45, 2.75) is 4.90 Å². The molecule has 124 valence electrons. The molecule has 9 heteroatoms. The number of nitrogens with zero attached hydrogens (tertiary/aromatic N) is 3. The molecule has 0 fully saturated rings. The van der Waals surface area contributed by atoms with Gasteiger partial charge in [-0.2, -0.15) is 9.57 Å². The second-order valence-electron chi connectivity index (χ2n) is 4.81. The number of nitriles is 1. The molecule has 0 unspecified atom stereocenters. The van der Waals surface area contributed by atoms with Crippen LogP contribution in [0.1, 0.15) is 5.56 Å². The highest BCUT2D eigenvalue weighted by Gasteiger charge is 2.23. The smallest absolute Gasteiger partial charge is 0.243 e. The minimum absolute atomic E-state index is 0.00131. The third kappa shape index (κ3) is 4.29. The maximum absolute atomic E-state index is 12.4. The first-order chi connectivity index (χ1) is 11.3. The quantitative estimate of drug-likeness (QED) is 0.872. The number of nitrogens with one attached hydrogen (secondary N) is 1. The summed E-state index contributed by atoms with van der Waals surface area (Å²) < 4.78 is 25.7. The lowest BCUT2D eigenvalue weighted by Gasteiger charge is -2.16. The normalized spacial score (nSPS) is 11.1. The van der Waals surface area contributed by atoms with Gasteiger partial charge in [0.25, 0.3) is 0 Å². The predicted octanol–water partition coefficient (Wildman–Crippen LogP) is 1.87. The fraction of sp³-hybridized carbons (Fsp3) is 0.133. The fourth-order valence-electron chi connectivity index (χ4n) is 1.80. The van der Waals surface area contributed by atoms with E-state index in [9.17, 15) is 13.2 Å². The van der Waals surface area contributed by atoms with Gasteiger partial charge in [0.1, 0.15) is 5.82 Å². The van der Waals surface area contributed by atoms with Crippen LogP contribution in [-0.4, -0.2) is 37.2 Å². The molecule has 0 saturated heterocycles. The lowest BCUT2D eigenvalue weighted by atomic mass is 10.2. The molecular weight excluding hydrogens is 352 g/mol. The molecule has 1 aromatic heterocycles. The van der Waals surface area contributed by atoms with Gasteiger partial charge in [0, 0.05) is 13.2 Å². The third-order valence-corrected chi connectivity index (χ3v) is 5.09. The van der Waals surface area contributed by atoms with E-state index >= 15 is 0 Å². The van der Waals surface area contributed by atoms with E-state index in [0.29, 0.717) is 10.6 Å². The van der Waals surface area contributed by atoms with E-state index in [-0.39, 0.29) is 17.3 Å². The summed E-state index contributed by atoms with van der Waals surface area (Å²) in [5.41, 5.74) is 0.350. The van der Waals surface area contributed by atoms with E-state index in [1.54, 1.807) is 6.07 Å². The zero-order chi connectivity index (χ0) is 17.7. The van der Waals surface area contributed by atoms with Gasteiger partial charge < -0.3 is 5.32 Å². The number of rotatable bonds is 5. The van der Waals surface area contributed by atoms with E-state index < -0.39 is 15.9 Å². The van der Waals surface area contributed by atoms with Crippen molar-refractivity contribution in [3.63, 3.8) is 0 Å². The number of benzene rings is 1. The van der Waals surface area contributed by atoms with E-state index in [1.807, 2.05) is 6.07 Å². The van der Waals surface area contributed by atoms with Crippen LogP contribution in [0.2, 0.25) is 5.02 Å². The second kappa shape index (κ2) is 7.40. The van der Waals surface area contributed by atoms with E-state index in [0.717, 1.165) is 4.31 Å². The van der Waals surface area contributed by atoms with Crippen LogP contribution in [0, 0.1) is 11.3 Å². The molecule has 1 heterocycles. The summed E-state index contributed by atoms with van der Waals surface area (Å²) in [4.78, 5) is 15.9. The van der Waals surface area contributed by atoms with Gasteiger partial charge in [-0.3, -0.25) is 4.79 Å². The molecule has 0 aliphatic heterocycles. The third-order valence-electron chi connectivity index (χ3n) is 3.05. The molecule has 7 nitrogen and oxygen atoms in total. The van der Waals surface area contributed by atoms with Crippen LogP contribution in [0.25, 0.3) is 0 Å². The Morgan fingerprint density at radius 2 is 1.96 bits per heavy atom. The average molecular weight is 365 g/mol. The van der Waals surface area contributed by atoms with Gasteiger partial charge in [0.2, 0.25) is 15.9 Å². The Labute approximate surface area is 144 Å². The molecule has 0 saturated carbocycles. The van der Waals surface area contributed by atoms with Gasteiger partial charge in [0.15, 0.2) is 0 Å². The zero-order valence-corrected chi connectivity index (χ0v) is 14.2. The number of anilines is 1. The first-order valence-corrected chi connectivity index (χ1v) is 8.52. The molecule has 1 amide bonds. The highest BCUT2D eigenvalue weighted by molar-refractivity contribution is 7.89. The SMILES string of the molecule is CN(CC(=O)Nc1ccc(Cl)cn1)S(=O)(=O)c1ccc(C#N)cc1. The summed E-state index contributed by atoms with van der Waals surface area (Å²) >= 11 is 5.70. The summed E-state index contributed by atoms with van der Waals surface area (Å²) in [5.74, 6) is -0.266. The number of likely N-dealkylation sites (N-methyl/N-ethyl adjacent to an activating group) is 1. The molecule has 0 bridgehead atoms. The van der Waals surface area contributed by atoms with Gasteiger partial charge in [0.05, 0.1) is 28.1 Å². The number of halogens is 1. The summed E-state index contributed by atoms with van der Waals surface area (Å²) in [6.45, 7) is -0.382. The van der Waals surface area contributed by atoms with Gasteiger partial charge >= 0.3 is 0 Å². The van der Waals surface area contributed by atoms with Crippen LogP contribution >= 0.6 is 11.6 Å². The van der Waals surface area contributed by atoms with Gasteiger partial charge in [-0.1, -0.05) is 11.6 Å². The number of amides is 1. The first kappa shape index (κ1) is 17.9. The Morgan fingerprint density at radius 1 is 1.29 bits per heavy atom. The number of aromatic nitrogens is 1. The number of carbonyl (C=O) groups is 1. The Morgan fingerprint density at radius 3 is 2.50 bits per heavy atom. The van der Waals surface area contributed by atoms with Crippen molar-refractivity contribution < 1.29 is 13.2 Å². The van der Waals surface area contributed by atoms with Crippen LogP contribution in [0.15, 0.2) is 47.5 Å². The molecule has 0 spiro atoms. The van der Waals surface area contributed by atoms with Crippen LogP contribution in [0.4, 0.5) is 5.82 Å².